The molecule has 0 radical (unpaired) electrons. The molecule has 0 saturated heterocycles. The first-order valence-corrected chi connectivity index (χ1v) is 7.01. The second-order valence-corrected chi connectivity index (χ2v) is 5.40. The standard InChI is InChI=1S/C15H15ClN2O2/c16-12-6-1-2-7-14(12)20-9-15(19)18-17-13-8-10-4-3-5-11(10)13/h1-4,6-7,10-11H,5,8-9H2,(H,18,19)/b17-13-/t10-,11-/m0/s1. The van der Waals surface area contributed by atoms with Crippen molar-refractivity contribution in [3.63, 3.8) is 0 Å². The lowest BCUT2D eigenvalue weighted by molar-refractivity contribution is -0.123. The summed E-state index contributed by atoms with van der Waals surface area (Å²) in [6.07, 6.45) is 6.40. The van der Waals surface area contributed by atoms with Crippen LogP contribution in [0.5, 0.6) is 5.75 Å². The summed E-state index contributed by atoms with van der Waals surface area (Å²) in [6, 6.07) is 7.06. The lowest BCUT2D eigenvalue weighted by Gasteiger charge is -2.31. The Morgan fingerprint density at radius 3 is 3.10 bits per heavy atom. The molecular weight excluding hydrogens is 276 g/mol. The molecule has 1 N–H and O–H groups in total. The lowest BCUT2D eigenvalue weighted by Crippen LogP contribution is -2.36. The van der Waals surface area contributed by atoms with Crippen LogP contribution in [0.25, 0.3) is 0 Å². The number of amides is 1. The molecular formula is C15H15ClN2O2. The lowest BCUT2D eigenvalue weighted by atomic mass is 9.74. The average molecular weight is 291 g/mol. The Morgan fingerprint density at radius 2 is 2.30 bits per heavy atom. The minimum atomic E-state index is -0.271. The van der Waals surface area contributed by atoms with Gasteiger partial charge in [-0.2, -0.15) is 5.10 Å². The molecule has 20 heavy (non-hydrogen) atoms. The molecule has 2 aliphatic rings. The van der Waals surface area contributed by atoms with Crippen LogP contribution in [0, 0.1) is 11.8 Å². The maximum atomic E-state index is 11.7. The fraction of sp³-hybridized carbons (Fsp3) is 0.333. The fourth-order valence-electron chi connectivity index (χ4n) is 2.53. The summed E-state index contributed by atoms with van der Waals surface area (Å²) in [5, 5.41) is 4.66. The van der Waals surface area contributed by atoms with Gasteiger partial charge in [0.05, 0.1) is 5.02 Å². The first-order valence-electron chi connectivity index (χ1n) is 6.63. The van der Waals surface area contributed by atoms with Crippen molar-refractivity contribution in [1.29, 1.82) is 0 Å². The summed E-state index contributed by atoms with van der Waals surface area (Å²) in [4.78, 5) is 11.7. The van der Waals surface area contributed by atoms with E-state index in [0.717, 1.165) is 18.6 Å². The van der Waals surface area contributed by atoms with Gasteiger partial charge in [-0.15, -0.1) is 0 Å². The van der Waals surface area contributed by atoms with Gasteiger partial charge in [-0.1, -0.05) is 35.9 Å². The van der Waals surface area contributed by atoms with Gasteiger partial charge in [-0.05, 0) is 30.9 Å². The van der Waals surface area contributed by atoms with Crippen LogP contribution in [0.1, 0.15) is 12.8 Å². The predicted molar refractivity (Wildman–Crippen MR) is 77.9 cm³/mol. The fourth-order valence-corrected chi connectivity index (χ4v) is 2.73. The Bertz CT molecular complexity index is 583. The van der Waals surface area contributed by atoms with Crippen molar-refractivity contribution in [3.8, 4) is 5.75 Å². The second kappa shape index (κ2) is 5.67. The molecule has 0 unspecified atom stereocenters. The topological polar surface area (TPSA) is 50.7 Å². The van der Waals surface area contributed by atoms with Crippen LogP contribution in [0.3, 0.4) is 0 Å². The Hall–Kier alpha value is -1.81. The number of hydrogen-bond acceptors (Lipinski definition) is 3. The molecule has 3 rings (SSSR count). The van der Waals surface area contributed by atoms with Gasteiger partial charge in [0.1, 0.15) is 5.75 Å². The van der Waals surface area contributed by atoms with Crippen LogP contribution < -0.4 is 10.2 Å². The quantitative estimate of drug-likeness (QED) is 0.685. The van der Waals surface area contributed by atoms with Crippen LogP contribution in [0.4, 0.5) is 0 Å². The molecule has 2 atom stereocenters. The van der Waals surface area contributed by atoms with E-state index in [4.69, 9.17) is 16.3 Å². The number of nitrogens with one attached hydrogen (secondary N) is 1. The van der Waals surface area contributed by atoms with Gasteiger partial charge in [0.15, 0.2) is 6.61 Å². The van der Waals surface area contributed by atoms with Crippen LogP contribution in [0.2, 0.25) is 5.02 Å². The molecule has 0 aromatic heterocycles. The van der Waals surface area contributed by atoms with Gasteiger partial charge < -0.3 is 4.74 Å². The van der Waals surface area contributed by atoms with Crippen molar-refractivity contribution < 1.29 is 9.53 Å². The summed E-state index contributed by atoms with van der Waals surface area (Å²) in [7, 11) is 0. The number of carbonyl (C=O) groups is 1. The summed E-state index contributed by atoms with van der Waals surface area (Å²) >= 11 is 5.94. The zero-order chi connectivity index (χ0) is 13.9. The van der Waals surface area contributed by atoms with Crippen molar-refractivity contribution >= 4 is 23.2 Å². The Morgan fingerprint density at radius 1 is 1.45 bits per heavy atom. The van der Waals surface area contributed by atoms with E-state index in [1.807, 2.05) is 6.07 Å². The van der Waals surface area contributed by atoms with Crippen molar-refractivity contribution in [1.82, 2.24) is 5.43 Å². The van der Waals surface area contributed by atoms with Crippen LogP contribution in [-0.4, -0.2) is 18.2 Å². The molecule has 1 amide bonds. The molecule has 2 aliphatic carbocycles. The number of nitrogens with zero attached hydrogens (tertiary/aromatic N) is 1. The first kappa shape index (κ1) is 13.2. The molecule has 0 spiro atoms. The zero-order valence-electron chi connectivity index (χ0n) is 10.9. The average Bonchev–Trinajstić information content (AvgIpc) is 2.80. The number of halogens is 1. The minimum Gasteiger partial charge on any atom is -0.482 e. The number of hydrogen-bond donors (Lipinski definition) is 1. The third-order valence-corrected chi connectivity index (χ3v) is 3.99. The Balaban J connectivity index is 1.46. The number of hydrazone groups is 1. The van der Waals surface area contributed by atoms with E-state index in [2.05, 4.69) is 22.7 Å². The highest BCUT2D eigenvalue weighted by molar-refractivity contribution is 6.32. The monoisotopic (exact) mass is 290 g/mol. The van der Waals surface area contributed by atoms with Gasteiger partial charge in [-0.25, -0.2) is 5.43 Å². The molecule has 0 aliphatic heterocycles. The van der Waals surface area contributed by atoms with Gasteiger partial charge >= 0.3 is 0 Å². The van der Waals surface area contributed by atoms with Crippen molar-refractivity contribution in [2.24, 2.45) is 16.9 Å². The van der Waals surface area contributed by atoms with E-state index < -0.39 is 0 Å². The van der Waals surface area contributed by atoms with Crippen molar-refractivity contribution in [3.05, 3.63) is 41.4 Å². The number of ether oxygens (including phenoxy) is 1. The molecule has 1 aromatic carbocycles. The number of fused-ring (bicyclic) bond motifs is 1. The van der Waals surface area contributed by atoms with Gasteiger partial charge in [-0.3, -0.25) is 4.79 Å². The van der Waals surface area contributed by atoms with E-state index in [1.165, 1.54) is 0 Å². The zero-order valence-corrected chi connectivity index (χ0v) is 11.6. The molecule has 4 nitrogen and oxygen atoms in total. The van der Waals surface area contributed by atoms with Crippen LogP contribution in [0.15, 0.2) is 41.5 Å². The van der Waals surface area contributed by atoms with Crippen molar-refractivity contribution in [2.75, 3.05) is 6.61 Å². The SMILES string of the molecule is O=C(COc1ccccc1Cl)N/N=C1/C[C@@H]2C=CC[C@H]12. The molecule has 1 saturated carbocycles. The Labute approximate surface area is 122 Å². The van der Waals surface area contributed by atoms with E-state index >= 15 is 0 Å². The Kier molecular flexibility index (Phi) is 3.74. The van der Waals surface area contributed by atoms with E-state index in [0.29, 0.717) is 22.6 Å². The highest BCUT2D eigenvalue weighted by Gasteiger charge is 2.37. The summed E-state index contributed by atoms with van der Waals surface area (Å²) in [5.41, 5.74) is 3.62. The van der Waals surface area contributed by atoms with Crippen LogP contribution in [-0.2, 0) is 4.79 Å². The normalized spacial score (nSPS) is 25.1. The molecule has 1 fully saturated rings. The number of carbonyl (C=O) groups excluding carboxylic acids is 1. The molecule has 104 valence electrons. The number of allylic oxidation sites excluding steroid dienone is 2. The summed E-state index contributed by atoms with van der Waals surface area (Å²) < 4.78 is 5.34. The molecule has 1 aromatic rings. The predicted octanol–water partition coefficient (Wildman–Crippen LogP) is 2.79. The summed E-state index contributed by atoms with van der Waals surface area (Å²) in [5.74, 6) is 1.36. The largest absolute Gasteiger partial charge is 0.482 e. The number of benzene rings is 1. The van der Waals surface area contributed by atoms with Gasteiger partial charge in [0.2, 0.25) is 0 Å². The minimum absolute atomic E-state index is 0.0904. The summed E-state index contributed by atoms with van der Waals surface area (Å²) in [6.45, 7) is -0.0904. The van der Waals surface area contributed by atoms with Gasteiger partial charge in [0.25, 0.3) is 5.91 Å². The highest BCUT2D eigenvalue weighted by atomic mass is 35.5. The number of rotatable bonds is 4. The highest BCUT2D eigenvalue weighted by Crippen LogP contribution is 2.40. The van der Waals surface area contributed by atoms with E-state index in [-0.39, 0.29) is 12.5 Å². The van der Waals surface area contributed by atoms with E-state index in [9.17, 15) is 4.79 Å². The maximum Gasteiger partial charge on any atom is 0.277 e. The first-order chi connectivity index (χ1) is 9.74. The third kappa shape index (κ3) is 2.70. The maximum absolute atomic E-state index is 11.7. The number of para-hydroxylation sites is 1. The molecule has 5 heteroatoms. The second-order valence-electron chi connectivity index (χ2n) is 5.00. The van der Waals surface area contributed by atoms with E-state index in [1.54, 1.807) is 18.2 Å². The molecule has 0 bridgehead atoms. The third-order valence-electron chi connectivity index (χ3n) is 3.68. The van der Waals surface area contributed by atoms with Crippen LogP contribution >= 0.6 is 11.6 Å². The smallest absolute Gasteiger partial charge is 0.277 e. The molecule has 0 heterocycles. The van der Waals surface area contributed by atoms with Crippen molar-refractivity contribution in [2.45, 2.75) is 12.8 Å². The van der Waals surface area contributed by atoms with Gasteiger partial charge in [0, 0.05) is 11.6 Å².